The van der Waals surface area contributed by atoms with Crippen LogP contribution in [-0.4, -0.2) is 18.5 Å². The third-order valence-electron chi connectivity index (χ3n) is 2.10. The monoisotopic (exact) mass is 222 g/mol. The third kappa shape index (κ3) is 4.81. The molecule has 0 aliphatic heterocycles. The van der Waals surface area contributed by atoms with Crippen LogP contribution in [0.1, 0.15) is 27.2 Å². The second kappa shape index (κ2) is 6.01. The van der Waals surface area contributed by atoms with Crippen LogP contribution in [0.5, 0.6) is 0 Å². The van der Waals surface area contributed by atoms with E-state index in [1.54, 1.807) is 7.11 Å². The van der Waals surface area contributed by atoms with Crippen molar-refractivity contribution in [3.63, 3.8) is 0 Å². The zero-order valence-electron chi connectivity index (χ0n) is 7.93. The molecule has 0 aromatic carbocycles. The highest BCUT2D eigenvalue weighted by Gasteiger charge is 2.17. The molecule has 0 bridgehead atoms. The van der Waals surface area contributed by atoms with Gasteiger partial charge in [-0.2, -0.15) is 0 Å². The molecule has 0 aliphatic carbocycles. The number of alkyl halides is 1. The lowest BCUT2D eigenvalue weighted by atomic mass is 9.90. The van der Waals surface area contributed by atoms with E-state index in [4.69, 9.17) is 4.74 Å². The summed E-state index contributed by atoms with van der Waals surface area (Å²) in [7, 11) is 1.76. The van der Waals surface area contributed by atoms with Crippen LogP contribution < -0.4 is 0 Å². The Bertz CT molecular complexity index is 83.6. The first kappa shape index (κ1) is 11.4. The van der Waals surface area contributed by atoms with Gasteiger partial charge >= 0.3 is 0 Å². The Morgan fingerprint density at radius 1 is 1.27 bits per heavy atom. The van der Waals surface area contributed by atoms with Gasteiger partial charge in [0, 0.05) is 18.5 Å². The Hall–Kier alpha value is 0.440. The largest absolute Gasteiger partial charge is 0.385 e. The molecule has 0 fully saturated rings. The fourth-order valence-electron chi connectivity index (χ4n) is 1.35. The molecule has 0 aromatic rings. The number of ether oxygens (including phenoxy) is 1. The van der Waals surface area contributed by atoms with Gasteiger partial charge in [0.1, 0.15) is 0 Å². The predicted molar refractivity (Wildman–Crippen MR) is 53.2 cm³/mol. The molecule has 11 heavy (non-hydrogen) atoms. The summed E-state index contributed by atoms with van der Waals surface area (Å²) in [6, 6.07) is 0. The zero-order chi connectivity index (χ0) is 8.85. The highest BCUT2D eigenvalue weighted by atomic mass is 79.9. The second-order valence-electron chi connectivity index (χ2n) is 3.37. The summed E-state index contributed by atoms with van der Waals surface area (Å²) in [5.41, 5.74) is 0. The first-order valence-electron chi connectivity index (χ1n) is 4.22. The maximum atomic E-state index is 5.05. The van der Waals surface area contributed by atoms with Gasteiger partial charge in [-0.05, 0) is 18.3 Å². The van der Waals surface area contributed by atoms with E-state index < -0.39 is 0 Å². The van der Waals surface area contributed by atoms with Crippen molar-refractivity contribution in [3.8, 4) is 0 Å². The lowest BCUT2D eigenvalue weighted by Crippen LogP contribution is -2.19. The van der Waals surface area contributed by atoms with Crippen molar-refractivity contribution in [1.29, 1.82) is 0 Å². The topological polar surface area (TPSA) is 9.23 Å². The van der Waals surface area contributed by atoms with Crippen LogP contribution in [0.2, 0.25) is 0 Å². The van der Waals surface area contributed by atoms with E-state index in [0.717, 1.165) is 24.9 Å². The number of rotatable bonds is 5. The number of hydrogen-bond donors (Lipinski definition) is 0. The molecular formula is C9H19BrO. The minimum Gasteiger partial charge on any atom is -0.385 e. The molecule has 0 heterocycles. The van der Waals surface area contributed by atoms with Crippen LogP contribution in [0.25, 0.3) is 0 Å². The smallest absolute Gasteiger partial charge is 0.0465 e. The van der Waals surface area contributed by atoms with Crippen molar-refractivity contribution in [1.82, 2.24) is 0 Å². The van der Waals surface area contributed by atoms with Crippen LogP contribution in [-0.2, 0) is 4.74 Å². The molecule has 0 aliphatic rings. The van der Waals surface area contributed by atoms with Gasteiger partial charge in [-0.15, -0.1) is 0 Å². The summed E-state index contributed by atoms with van der Waals surface area (Å²) in [5, 5.41) is 0. The Morgan fingerprint density at radius 3 is 2.09 bits per heavy atom. The number of hydrogen-bond acceptors (Lipinski definition) is 1. The Morgan fingerprint density at radius 2 is 1.82 bits per heavy atom. The number of halogens is 1. The summed E-state index contributed by atoms with van der Waals surface area (Å²) in [5.74, 6) is 1.47. The second-order valence-corrected chi connectivity index (χ2v) is 4.81. The predicted octanol–water partition coefficient (Wildman–Crippen LogP) is 3.08. The van der Waals surface area contributed by atoms with E-state index in [1.165, 1.54) is 0 Å². The van der Waals surface area contributed by atoms with E-state index in [-0.39, 0.29) is 0 Å². The Labute approximate surface area is 78.6 Å². The SMILES string of the molecule is COCCC(C(C)C)C(C)Br. The maximum Gasteiger partial charge on any atom is 0.0465 e. The van der Waals surface area contributed by atoms with Gasteiger partial charge in [-0.3, -0.25) is 0 Å². The summed E-state index contributed by atoms with van der Waals surface area (Å²) in [6.45, 7) is 7.61. The average Bonchev–Trinajstić information content (AvgIpc) is 1.87. The molecule has 0 aromatic heterocycles. The molecule has 2 atom stereocenters. The van der Waals surface area contributed by atoms with Gasteiger partial charge in [-0.25, -0.2) is 0 Å². The Kier molecular flexibility index (Phi) is 6.25. The third-order valence-corrected chi connectivity index (χ3v) is 2.78. The van der Waals surface area contributed by atoms with E-state index in [0.29, 0.717) is 4.83 Å². The number of methoxy groups -OCH3 is 1. The van der Waals surface area contributed by atoms with Gasteiger partial charge in [0.2, 0.25) is 0 Å². The van der Waals surface area contributed by atoms with Gasteiger partial charge < -0.3 is 4.74 Å². The molecule has 0 saturated heterocycles. The lowest BCUT2D eigenvalue weighted by Gasteiger charge is -2.22. The van der Waals surface area contributed by atoms with Crippen molar-refractivity contribution < 1.29 is 4.74 Å². The van der Waals surface area contributed by atoms with Crippen molar-refractivity contribution in [2.75, 3.05) is 13.7 Å². The standard InChI is InChI=1S/C9H19BrO/c1-7(2)9(8(3)10)5-6-11-4/h7-9H,5-6H2,1-4H3. The fraction of sp³-hybridized carbons (Fsp3) is 1.00. The molecular weight excluding hydrogens is 204 g/mol. The van der Waals surface area contributed by atoms with Crippen molar-refractivity contribution in [2.24, 2.45) is 11.8 Å². The van der Waals surface area contributed by atoms with E-state index >= 15 is 0 Å². The fourth-order valence-corrected chi connectivity index (χ4v) is 2.22. The minimum atomic E-state index is 0.595. The summed E-state index contributed by atoms with van der Waals surface area (Å²) in [6.07, 6.45) is 1.15. The van der Waals surface area contributed by atoms with Crippen LogP contribution in [0.15, 0.2) is 0 Å². The van der Waals surface area contributed by atoms with Gasteiger partial charge in [0.05, 0.1) is 0 Å². The maximum absolute atomic E-state index is 5.05. The highest BCUT2D eigenvalue weighted by Crippen LogP contribution is 2.24. The van der Waals surface area contributed by atoms with Crippen LogP contribution >= 0.6 is 15.9 Å². The first-order valence-corrected chi connectivity index (χ1v) is 5.14. The van der Waals surface area contributed by atoms with Crippen LogP contribution in [0.4, 0.5) is 0 Å². The quantitative estimate of drug-likeness (QED) is 0.651. The summed E-state index contributed by atoms with van der Waals surface area (Å²) in [4.78, 5) is 0.595. The molecule has 0 radical (unpaired) electrons. The molecule has 0 saturated carbocycles. The molecule has 0 amide bonds. The normalized spacial score (nSPS) is 16.9. The zero-order valence-corrected chi connectivity index (χ0v) is 9.52. The summed E-state index contributed by atoms with van der Waals surface area (Å²) < 4.78 is 5.05. The Balaban J connectivity index is 3.70. The van der Waals surface area contributed by atoms with Crippen molar-refractivity contribution in [2.45, 2.75) is 32.0 Å². The van der Waals surface area contributed by atoms with E-state index in [2.05, 4.69) is 36.7 Å². The van der Waals surface area contributed by atoms with Crippen molar-refractivity contribution in [3.05, 3.63) is 0 Å². The molecule has 0 spiro atoms. The lowest BCUT2D eigenvalue weighted by molar-refractivity contribution is 0.166. The van der Waals surface area contributed by atoms with Gasteiger partial charge in [-0.1, -0.05) is 36.7 Å². The average molecular weight is 223 g/mol. The summed E-state index contributed by atoms with van der Waals surface area (Å²) >= 11 is 3.62. The molecule has 0 N–H and O–H groups in total. The molecule has 0 rings (SSSR count). The van der Waals surface area contributed by atoms with Crippen molar-refractivity contribution >= 4 is 15.9 Å². The molecule has 2 unspecified atom stereocenters. The van der Waals surface area contributed by atoms with Crippen LogP contribution in [0.3, 0.4) is 0 Å². The highest BCUT2D eigenvalue weighted by molar-refractivity contribution is 9.09. The van der Waals surface area contributed by atoms with E-state index in [1.807, 2.05) is 0 Å². The van der Waals surface area contributed by atoms with Gasteiger partial charge in [0.15, 0.2) is 0 Å². The molecule has 68 valence electrons. The van der Waals surface area contributed by atoms with Gasteiger partial charge in [0.25, 0.3) is 0 Å². The minimum absolute atomic E-state index is 0.595. The van der Waals surface area contributed by atoms with E-state index in [9.17, 15) is 0 Å². The first-order chi connectivity index (χ1) is 5.09. The molecule has 1 nitrogen and oxygen atoms in total. The van der Waals surface area contributed by atoms with Crippen LogP contribution in [0, 0.1) is 11.8 Å². The molecule has 2 heteroatoms.